The highest BCUT2D eigenvalue weighted by Crippen LogP contribution is 2.24. The molecular formula is C11H15N3O3S. The van der Waals surface area contributed by atoms with E-state index in [1.807, 2.05) is 0 Å². The van der Waals surface area contributed by atoms with Crippen LogP contribution in [0.2, 0.25) is 0 Å². The third-order valence-corrected chi connectivity index (χ3v) is 4.70. The molecule has 5 N–H and O–H groups in total. The molecule has 0 aromatic heterocycles. The number of hydrogen-bond donors (Lipinski definition) is 3. The minimum Gasteiger partial charge on any atom is -0.397 e. The zero-order valence-electron chi connectivity index (χ0n) is 9.72. The number of sulfone groups is 1. The Morgan fingerprint density at radius 1 is 1.39 bits per heavy atom. The molecule has 1 unspecified atom stereocenters. The summed E-state index contributed by atoms with van der Waals surface area (Å²) < 4.78 is 22.7. The summed E-state index contributed by atoms with van der Waals surface area (Å²) in [7, 11) is -2.95. The maximum Gasteiger partial charge on any atom is 0.248 e. The molecule has 2 rings (SSSR count). The first kappa shape index (κ1) is 12.7. The van der Waals surface area contributed by atoms with Gasteiger partial charge in [0.2, 0.25) is 5.91 Å². The van der Waals surface area contributed by atoms with E-state index in [0.717, 1.165) is 0 Å². The lowest BCUT2D eigenvalue weighted by molar-refractivity contribution is 0.100. The first-order valence-corrected chi connectivity index (χ1v) is 7.36. The predicted molar refractivity (Wildman–Crippen MR) is 70.1 cm³/mol. The molecule has 1 fully saturated rings. The molecule has 1 aromatic carbocycles. The standard InChI is InChI=1S/C11H15N3O3S/c12-9-2-1-7(11(13)15)5-10(9)14-8-3-4-18(16,17)6-8/h1-2,5,8,14H,3-4,6,12H2,(H2,13,15). The van der Waals surface area contributed by atoms with Crippen molar-refractivity contribution in [3.8, 4) is 0 Å². The molecule has 0 radical (unpaired) electrons. The number of hydrogen-bond acceptors (Lipinski definition) is 5. The number of anilines is 2. The van der Waals surface area contributed by atoms with Gasteiger partial charge in [0.25, 0.3) is 0 Å². The van der Waals surface area contributed by atoms with Crippen molar-refractivity contribution in [1.82, 2.24) is 0 Å². The molecule has 1 aromatic rings. The molecule has 0 bridgehead atoms. The number of nitrogens with one attached hydrogen (secondary N) is 1. The van der Waals surface area contributed by atoms with Crippen molar-refractivity contribution in [2.24, 2.45) is 5.73 Å². The molecule has 1 atom stereocenters. The number of benzene rings is 1. The van der Waals surface area contributed by atoms with Crippen LogP contribution in [0, 0.1) is 0 Å². The summed E-state index contributed by atoms with van der Waals surface area (Å²) in [6.07, 6.45) is 0.544. The van der Waals surface area contributed by atoms with Gasteiger partial charge in [-0.2, -0.15) is 0 Å². The fraction of sp³-hybridized carbons (Fsp3) is 0.364. The highest BCUT2D eigenvalue weighted by molar-refractivity contribution is 7.91. The Bertz CT molecular complexity index is 583. The molecular weight excluding hydrogens is 254 g/mol. The highest BCUT2D eigenvalue weighted by Gasteiger charge is 2.28. The van der Waals surface area contributed by atoms with E-state index in [1.165, 1.54) is 6.07 Å². The van der Waals surface area contributed by atoms with Crippen LogP contribution < -0.4 is 16.8 Å². The van der Waals surface area contributed by atoms with Gasteiger partial charge in [-0.05, 0) is 24.6 Å². The molecule has 0 saturated carbocycles. The van der Waals surface area contributed by atoms with Crippen LogP contribution in [-0.2, 0) is 9.84 Å². The van der Waals surface area contributed by atoms with E-state index in [1.54, 1.807) is 12.1 Å². The Balaban J connectivity index is 2.19. The van der Waals surface area contributed by atoms with Crippen molar-refractivity contribution >= 4 is 27.1 Å². The third kappa shape index (κ3) is 2.73. The summed E-state index contributed by atoms with van der Waals surface area (Å²) in [4.78, 5) is 11.1. The van der Waals surface area contributed by atoms with Gasteiger partial charge in [-0.15, -0.1) is 0 Å². The molecule has 98 valence electrons. The van der Waals surface area contributed by atoms with Gasteiger partial charge < -0.3 is 16.8 Å². The van der Waals surface area contributed by atoms with Crippen LogP contribution in [0.3, 0.4) is 0 Å². The van der Waals surface area contributed by atoms with E-state index in [0.29, 0.717) is 23.4 Å². The largest absolute Gasteiger partial charge is 0.397 e. The van der Waals surface area contributed by atoms with Crippen LogP contribution in [-0.4, -0.2) is 31.9 Å². The average Bonchev–Trinajstić information content (AvgIpc) is 2.61. The number of rotatable bonds is 3. The molecule has 6 nitrogen and oxygen atoms in total. The minimum absolute atomic E-state index is 0.0905. The van der Waals surface area contributed by atoms with Gasteiger partial charge in [0.15, 0.2) is 9.84 Å². The summed E-state index contributed by atoms with van der Waals surface area (Å²) in [5.74, 6) is -0.273. The van der Waals surface area contributed by atoms with E-state index < -0.39 is 15.7 Å². The summed E-state index contributed by atoms with van der Waals surface area (Å²) in [5, 5.41) is 3.05. The number of nitrogens with two attached hydrogens (primary N) is 2. The predicted octanol–water partition coefficient (Wildman–Crippen LogP) is -0.0333. The second kappa shape index (κ2) is 4.49. The van der Waals surface area contributed by atoms with Crippen LogP contribution in [0.1, 0.15) is 16.8 Å². The van der Waals surface area contributed by atoms with Crippen LogP contribution in [0.15, 0.2) is 18.2 Å². The van der Waals surface area contributed by atoms with Gasteiger partial charge in [0, 0.05) is 11.6 Å². The fourth-order valence-electron chi connectivity index (χ4n) is 1.96. The van der Waals surface area contributed by atoms with Crippen molar-refractivity contribution in [2.75, 3.05) is 22.6 Å². The van der Waals surface area contributed by atoms with Gasteiger partial charge in [0.1, 0.15) is 0 Å². The SMILES string of the molecule is NC(=O)c1ccc(N)c(NC2CCS(=O)(=O)C2)c1. The molecule has 1 saturated heterocycles. The number of nitrogen functional groups attached to an aromatic ring is 1. The summed E-state index contributed by atoms with van der Waals surface area (Å²) >= 11 is 0. The topological polar surface area (TPSA) is 115 Å². The Hall–Kier alpha value is -1.76. The second-order valence-electron chi connectivity index (χ2n) is 4.41. The molecule has 0 aliphatic carbocycles. The van der Waals surface area contributed by atoms with Gasteiger partial charge >= 0.3 is 0 Å². The van der Waals surface area contributed by atoms with Gasteiger partial charge in [0.05, 0.1) is 22.9 Å². The van der Waals surface area contributed by atoms with Crippen molar-refractivity contribution in [3.05, 3.63) is 23.8 Å². The zero-order valence-corrected chi connectivity index (χ0v) is 10.5. The number of amides is 1. The fourth-order valence-corrected chi connectivity index (χ4v) is 3.64. The van der Waals surface area contributed by atoms with E-state index in [2.05, 4.69) is 5.32 Å². The smallest absolute Gasteiger partial charge is 0.248 e. The lowest BCUT2D eigenvalue weighted by atomic mass is 10.1. The Labute approximate surface area is 105 Å². The molecule has 0 spiro atoms. The minimum atomic E-state index is -2.95. The van der Waals surface area contributed by atoms with Crippen molar-refractivity contribution in [3.63, 3.8) is 0 Å². The number of carbonyl (C=O) groups is 1. The van der Waals surface area contributed by atoms with Crippen LogP contribution in [0.4, 0.5) is 11.4 Å². The van der Waals surface area contributed by atoms with Gasteiger partial charge in [-0.1, -0.05) is 0 Å². The van der Waals surface area contributed by atoms with Gasteiger partial charge in [-0.25, -0.2) is 8.42 Å². The van der Waals surface area contributed by atoms with E-state index in [9.17, 15) is 13.2 Å². The van der Waals surface area contributed by atoms with Crippen molar-refractivity contribution in [1.29, 1.82) is 0 Å². The van der Waals surface area contributed by atoms with Crippen LogP contribution >= 0.6 is 0 Å². The quantitative estimate of drug-likeness (QED) is 0.666. The third-order valence-electron chi connectivity index (χ3n) is 2.93. The van der Waals surface area contributed by atoms with E-state index in [-0.39, 0.29) is 17.5 Å². The monoisotopic (exact) mass is 269 g/mol. The molecule has 18 heavy (non-hydrogen) atoms. The Morgan fingerprint density at radius 2 is 2.11 bits per heavy atom. The maximum absolute atomic E-state index is 11.3. The normalized spacial score (nSPS) is 21.7. The molecule has 7 heteroatoms. The molecule has 1 heterocycles. The zero-order chi connectivity index (χ0) is 13.3. The van der Waals surface area contributed by atoms with E-state index >= 15 is 0 Å². The molecule has 1 aliphatic rings. The van der Waals surface area contributed by atoms with Gasteiger partial charge in [-0.3, -0.25) is 4.79 Å². The summed E-state index contributed by atoms with van der Waals surface area (Å²) in [5.41, 5.74) is 12.3. The number of primary amides is 1. The van der Waals surface area contributed by atoms with Crippen LogP contribution in [0.25, 0.3) is 0 Å². The highest BCUT2D eigenvalue weighted by atomic mass is 32.2. The molecule has 1 amide bonds. The Morgan fingerprint density at radius 3 is 2.67 bits per heavy atom. The first-order chi connectivity index (χ1) is 8.37. The summed E-state index contributed by atoms with van der Waals surface area (Å²) in [6, 6.07) is 4.49. The number of carbonyl (C=O) groups excluding carboxylic acids is 1. The lowest BCUT2D eigenvalue weighted by Gasteiger charge is -2.15. The van der Waals surface area contributed by atoms with Crippen molar-refractivity contribution < 1.29 is 13.2 Å². The lowest BCUT2D eigenvalue weighted by Crippen LogP contribution is -2.22. The average molecular weight is 269 g/mol. The Kier molecular flexibility index (Phi) is 3.16. The maximum atomic E-state index is 11.3. The van der Waals surface area contributed by atoms with Crippen LogP contribution in [0.5, 0.6) is 0 Å². The second-order valence-corrected chi connectivity index (χ2v) is 6.64. The van der Waals surface area contributed by atoms with Crippen molar-refractivity contribution in [2.45, 2.75) is 12.5 Å². The first-order valence-electron chi connectivity index (χ1n) is 5.54. The molecule has 1 aliphatic heterocycles. The van der Waals surface area contributed by atoms with E-state index in [4.69, 9.17) is 11.5 Å². The summed E-state index contributed by atoms with van der Waals surface area (Å²) in [6.45, 7) is 0.